The number of amides is 1. The van der Waals surface area contributed by atoms with E-state index in [1.54, 1.807) is 11.7 Å². The van der Waals surface area contributed by atoms with Gasteiger partial charge in [0.1, 0.15) is 0 Å². The van der Waals surface area contributed by atoms with Crippen LogP contribution >= 0.6 is 11.3 Å². The predicted octanol–water partition coefficient (Wildman–Crippen LogP) is 2.26. The molecule has 1 N–H and O–H groups in total. The summed E-state index contributed by atoms with van der Waals surface area (Å²) in [6, 6.07) is 0. The molecule has 0 saturated carbocycles. The SMILES string of the molecule is O=C(O)N1C=C(c2cscn2)CCC1. The quantitative estimate of drug-likeness (QED) is 0.773. The highest BCUT2D eigenvalue weighted by atomic mass is 32.1. The van der Waals surface area contributed by atoms with Crippen molar-refractivity contribution in [2.45, 2.75) is 12.8 Å². The van der Waals surface area contributed by atoms with E-state index in [2.05, 4.69) is 4.98 Å². The fourth-order valence-corrected chi connectivity index (χ4v) is 2.05. The van der Waals surface area contributed by atoms with E-state index in [1.165, 1.54) is 16.2 Å². The molecule has 14 heavy (non-hydrogen) atoms. The Kier molecular flexibility index (Phi) is 2.49. The second-order valence-electron chi connectivity index (χ2n) is 3.11. The highest BCUT2D eigenvalue weighted by Crippen LogP contribution is 2.24. The summed E-state index contributed by atoms with van der Waals surface area (Å²) >= 11 is 1.52. The van der Waals surface area contributed by atoms with E-state index in [9.17, 15) is 4.79 Å². The molecule has 0 spiro atoms. The van der Waals surface area contributed by atoms with E-state index in [-0.39, 0.29) is 0 Å². The average molecular weight is 210 g/mol. The molecular formula is C9H10N2O2S. The number of thiazole rings is 1. The molecule has 74 valence electrons. The lowest BCUT2D eigenvalue weighted by Gasteiger charge is -2.21. The molecular weight excluding hydrogens is 200 g/mol. The first-order chi connectivity index (χ1) is 6.77. The van der Waals surface area contributed by atoms with Gasteiger partial charge in [-0.1, -0.05) is 0 Å². The van der Waals surface area contributed by atoms with Gasteiger partial charge in [0.25, 0.3) is 0 Å². The van der Waals surface area contributed by atoms with Crippen molar-refractivity contribution in [1.82, 2.24) is 9.88 Å². The van der Waals surface area contributed by atoms with Crippen LogP contribution in [0.1, 0.15) is 18.5 Å². The number of carbonyl (C=O) groups is 1. The van der Waals surface area contributed by atoms with Gasteiger partial charge in [0.15, 0.2) is 0 Å². The van der Waals surface area contributed by atoms with Crippen LogP contribution in [0, 0.1) is 0 Å². The van der Waals surface area contributed by atoms with Gasteiger partial charge in [-0.05, 0) is 18.4 Å². The molecule has 5 heteroatoms. The van der Waals surface area contributed by atoms with Crippen molar-refractivity contribution in [3.63, 3.8) is 0 Å². The van der Waals surface area contributed by atoms with E-state index in [1.807, 2.05) is 5.38 Å². The van der Waals surface area contributed by atoms with Crippen molar-refractivity contribution in [2.24, 2.45) is 0 Å². The minimum absolute atomic E-state index is 0.586. The first-order valence-electron chi connectivity index (χ1n) is 4.36. The van der Waals surface area contributed by atoms with Crippen molar-refractivity contribution >= 4 is 23.0 Å². The van der Waals surface area contributed by atoms with Gasteiger partial charge in [0.05, 0.1) is 11.2 Å². The van der Waals surface area contributed by atoms with E-state index in [0.29, 0.717) is 6.54 Å². The zero-order chi connectivity index (χ0) is 9.97. The van der Waals surface area contributed by atoms with Crippen LogP contribution in [0.15, 0.2) is 17.1 Å². The van der Waals surface area contributed by atoms with E-state index < -0.39 is 6.09 Å². The molecule has 1 aliphatic rings. The molecule has 0 fully saturated rings. The molecule has 1 aliphatic heterocycles. The monoisotopic (exact) mass is 210 g/mol. The summed E-state index contributed by atoms with van der Waals surface area (Å²) in [5, 5.41) is 10.8. The van der Waals surface area contributed by atoms with Crippen LogP contribution in [0.5, 0.6) is 0 Å². The van der Waals surface area contributed by atoms with Gasteiger partial charge >= 0.3 is 6.09 Å². The highest BCUT2D eigenvalue weighted by Gasteiger charge is 2.16. The van der Waals surface area contributed by atoms with Gasteiger partial charge in [0.2, 0.25) is 0 Å². The van der Waals surface area contributed by atoms with Crippen LogP contribution in [-0.4, -0.2) is 27.6 Å². The van der Waals surface area contributed by atoms with Crippen LogP contribution in [0.25, 0.3) is 5.57 Å². The lowest BCUT2D eigenvalue weighted by Crippen LogP contribution is -2.27. The zero-order valence-corrected chi connectivity index (χ0v) is 8.33. The topological polar surface area (TPSA) is 53.4 Å². The van der Waals surface area contributed by atoms with Gasteiger partial charge in [-0.3, -0.25) is 4.90 Å². The maximum absolute atomic E-state index is 10.7. The van der Waals surface area contributed by atoms with Gasteiger partial charge in [-0.15, -0.1) is 11.3 Å². The Hall–Kier alpha value is -1.36. The molecule has 4 nitrogen and oxygen atoms in total. The maximum atomic E-state index is 10.7. The molecule has 0 aliphatic carbocycles. The Morgan fingerprint density at radius 2 is 2.50 bits per heavy atom. The van der Waals surface area contributed by atoms with E-state index >= 15 is 0 Å². The number of aromatic nitrogens is 1. The number of rotatable bonds is 1. The number of nitrogens with zero attached hydrogens (tertiary/aromatic N) is 2. The largest absolute Gasteiger partial charge is 0.465 e. The number of hydrogen-bond donors (Lipinski definition) is 1. The first-order valence-corrected chi connectivity index (χ1v) is 5.30. The summed E-state index contributed by atoms with van der Waals surface area (Å²) in [4.78, 5) is 16.2. The number of hydrogen-bond acceptors (Lipinski definition) is 3. The van der Waals surface area contributed by atoms with Crippen LogP contribution in [0.3, 0.4) is 0 Å². The van der Waals surface area contributed by atoms with Crippen molar-refractivity contribution in [1.29, 1.82) is 0 Å². The van der Waals surface area contributed by atoms with Crippen molar-refractivity contribution in [3.05, 3.63) is 22.8 Å². The minimum Gasteiger partial charge on any atom is -0.465 e. The summed E-state index contributed by atoms with van der Waals surface area (Å²) in [6.07, 6.45) is 2.57. The molecule has 1 aromatic rings. The van der Waals surface area contributed by atoms with Crippen LogP contribution < -0.4 is 0 Å². The molecule has 1 amide bonds. The van der Waals surface area contributed by atoms with Gasteiger partial charge in [0, 0.05) is 18.1 Å². The number of carboxylic acid groups (broad SMARTS) is 1. The highest BCUT2D eigenvalue weighted by molar-refractivity contribution is 7.07. The smallest absolute Gasteiger partial charge is 0.411 e. The molecule has 1 aromatic heterocycles. The zero-order valence-electron chi connectivity index (χ0n) is 7.51. The lowest BCUT2D eigenvalue weighted by atomic mass is 10.1. The fourth-order valence-electron chi connectivity index (χ4n) is 1.47. The van der Waals surface area contributed by atoms with E-state index in [0.717, 1.165) is 24.1 Å². The fraction of sp³-hybridized carbons (Fsp3) is 0.333. The summed E-state index contributed by atoms with van der Waals surface area (Å²) < 4.78 is 0. The Bertz CT molecular complexity index is 359. The minimum atomic E-state index is -0.891. The molecule has 0 unspecified atom stereocenters. The second kappa shape index (κ2) is 3.79. The number of allylic oxidation sites excluding steroid dienone is 1. The summed E-state index contributed by atoms with van der Waals surface area (Å²) in [6.45, 7) is 0.586. The molecule has 2 heterocycles. The van der Waals surface area contributed by atoms with Crippen LogP contribution in [0.2, 0.25) is 0 Å². The molecule has 0 radical (unpaired) electrons. The maximum Gasteiger partial charge on any atom is 0.411 e. The third kappa shape index (κ3) is 1.77. The third-order valence-electron chi connectivity index (χ3n) is 2.16. The first kappa shape index (κ1) is 9.21. The molecule has 0 saturated heterocycles. The summed E-state index contributed by atoms with van der Waals surface area (Å²) in [5.41, 5.74) is 3.68. The van der Waals surface area contributed by atoms with Crippen LogP contribution in [0.4, 0.5) is 4.79 Å². The Labute approximate surface area is 85.5 Å². The van der Waals surface area contributed by atoms with Gasteiger partial charge in [-0.2, -0.15) is 0 Å². The Morgan fingerprint density at radius 3 is 3.14 bits per heavy atom. The van der Waals surface area contributed by atoms with Gasteiger partial charge in [-0.25, -0.2) is 9.78 Å². The van der Waals surface area contributed by atoms with E-state index in [4.69, 9.17) is 5.11 Å². The van der Waals surface area contributed by atoms with Crippen molar-refractivity contribution in [3.8, 4) is 0 Å². The Balaban J connectivity index is 2.23. The lowest BCUT2D eigenvalue weighted by molar-refractivity contribution is 0.161. The molecule has 2 rings (SSSR count). The second-order valence-corrected chi connectivity index (χ2v) is 3.83. The van der Waals surface area contributed by atoms with Crippen LogP contribution in [-0.2, 0) is 0 Å². The average Bonchev–Trinajstić information content (AvgIpc) is 2.71. The third-order valence-corrected chi connectivity index (χ3v) is 2.75. The summed E-state index contributed by atoms with van der Waals surface area (Å²) in [5.74, 6) is 0. The van der Waals surface area contributed by atoms with Crippen molar-refractivity contribution in [2.75, 3.05) is 6.54 Å². The summed E-state index contributed by atoms with van der Waals surface area (Å²) in [7, 11) is 0. The Morgan fingerprint density at radius 1 is 1.64 bits per heavy atom. The molecule has 0 bridgehead atoms. The predicted molar refractivity (Wildman–Crippen MR) is 54.1 cm³/mol. The molecule has 0 atom stereocenters. The van der Waals surface area contributed by atoms with Crippen molar-refractivity contribution < 1.29 is 9.90 Å². The molecule has 0 aromatic carbocycles. The normalized spacial score (nSPS) is 16.6. The van der Waals surface area contributed by atoms with Gasteiger partial charge < -0.3 is 5.11 Å². The standard InChI is InChI=1S/C9H10N2O2S/c12-9(13)11-3-1-2-7(4-11)8-5-14-6-10-8/h4-6H,1-3H2,(H,12,13).